The molecule has 0 amide bonds. The fraction of sp³-hybridized carbons (Fsp3) is 0.312. The van der Waals surface area contributed by atoms with Crippen molar-refractivity contribution in [2.24, 2.45) is 0 Å². The molecule has 2 aromatic heterocycles. The van der Waals surface area contributed by atoms with E-state index in [1.54, 1.807) is 6.07 Å². The number of unbranched alkanes of at least 4 members (excludes halogenated alkanes) is 1. The first-order valence-electron chi connectivity index (χ1n) is 7.75. The number of fused-ring (bicyclic) bond motifs is 1. The molecule has 0 saturated carbocycles. The summed E-state index contributed by atoms with van der Waals surface area (Å²) in [5, 5.41) is 13.5. The van der Waals surface area contributed by atoms with Gasteiger partial charge in [-0.3, -0.25) is 0 Å². The second-order valence-corrected chi connectivity index (χ2v) is 5.31. The molecule has 3 rings (SSSR count). The highest BCUT2D eigenvalue weighted by atomic mass is 19.4. The number of ether oxygens (including phenoxy) is 1. The number of anilines is 1. The molecular weight excluding hydrogens is 335 g/mol. The molecule has 0 bridgehead atoms. The predicted octanol–water partition coefficient (Wildman–Crippen LogP) is 3.41. The van der Waals surface area contributed by atoms with Crippen LogP contribution in [0.15, 0.2) is 42.5 Å². The van der Waals surface area contributed by atoms with E-state index in [9.17, 15) is 13.2 Å². The number of hydrogen-bond donors (Lipinski definition) is 1. The Labute approximate surface area is 141 Å². The lowest BCUT2D eigenvalue weighted by Crippen LogP contribution is -2.14. The molecule has 0 saturated heterocycles. The Morgan fingerprint density at radius 3 is 2.56 bits per heavy atom. The molecule has 2 heterocycles. The van der Waals surface area contributed by atoms with Crippen LogP contribution in [-0.2, 0) is 6.18 Å². The highest BCUT2D eigenvalue weighted by Gasteiger charge is 2.37. The van der Waals surface area contributed by atoms with E-state index in [2.05, 4.69) is 20.6 Å². The van der Waals surface area contributed by atoms with Crippen molar-refractivity contribution in [3.63, 3.8) is 0 Å². The van der Waals surface area contributed by atoms with Crippen LogP contribution in [0.25, 0.3) is 5.65 Å². The largest absolute Gasteiger partial charge is 0.494 e. The van der Waals surface area contributed by atoms with Gasteiger partial charge < -0.3 is 10.1 Å². The van der Waals surface area contributed by atoms with Gasteiger partial charge in [-0.05, 0) is 37.1 Å². The number of rotatable bonds is 7. The summed E-state index contributed by atoms with van der Waals surface area (Å²) in [5.41, 5.74) is 0.0501. The van der Waals surface area contributed by atoms with Gasteiger partial charge in [0.25, 0.3) is 5.82 Å². The molecule has 6 nitrogen and oxygen atoms in total. The zero-order valence-corrected chi connectivity index (χ0v) is 13.2. The molecule has 1 N–H and O–H groups in total. The maximum atomic E-state index is 12.8. The van der Waals surface area contributed by atoms with Gasteiger partial charge in [0.05, 0.1) is 6.61 Å². The maximum Gasteiger partial charge on any atom is 0.453 e. The van der Waals surface area contributed by atoms with Crippen molar-refractivity contribution in [3.05, 3.63) is 48.3 Å². The summed E-state index contributed by atoms with van der Waals surface area (Å²) in [7, 11) is 0. The average molecular weight is 351 g/mol. The number of para-hydroxylation sites is 1. The zero-order chi connectivity index (χ0) is 17.7. The lowest BCUT2D eigenvalue weighted by molar-refractivity contribution is -0.146. The third kappa shape index (κ3) is 4.37. The molecule has 9 heteroatoms. The van der Waals surface area contributed by atoms with Gasteiger partial charge in [0.15, 0.2) is 5.65 Å². The van der Waals surface area contributed by atoms with E-state index < -0.39 is 12.0 Å². The monoisotopic (exact) mass is 351 g/mol. The number of nitrogens with zero attached hydrogens (tertiary/aromatic N) is 4. The second kappa shape index (κ2) is 7.37. The number of benzene rings is 1. The molecular formula is C16H16F3N5O. The van der Waals surface area contributed by atoms with Crippen LogP contribution in [0.5, 0.6) is 5.75 Å². The van der Waals surface area contributed by atoms with E-state index in [0.717, 1.165) is 18.6 Å². The molecule has 0 spiro atoms. The van der Waals surface area contributed by atoms with E-state index >= 15 is 0 Å². The van der Waals surface area contributed by atoms with Crippen LogP contribution in [0.1, 0.15) is 18.7 Å². The summed E-state index contributed by atoms with van der Waals surface area (Å²) in [6.07, 6.45) is -2.99. The first kappa shape index (κ1) is 17.0. The quantitative estimate of drug-likeness (QED) is 0.661. The number of alkyl halides is 3. The Balaban J connectivity index is 1.48. The first-order valence-corrected chi connectivity index (χ1v) is 7.75. The molecule has 25 heavy (non-hydrogen) atoms. The van der Waals surface area contributed by atoms with Crippen molar-refractivity contribution < 1.29 is 17.9 Å². The summed E-state index contributed by atoms with van der Waals surface area (Å²) in [6.45, 7) is 1.14. The van der Waals surface area contributed by atoms with Gasteiger partial charge in [0, 0.05) is 6.54 Å². The third-order valence-electron chi connectivity index (χ3n) is 3.41. The summed E-state index contributed by atoms with van der Waals surface area (Å²) < 4.78 is 44.7. The lowest BCUT2D eigenvalue weighted by atomic mass is 10.3. The number of aromatic nitrogens is 4. The van der Waals surface area contributed by atoms with Crippen LogP contribution < -0.4 is 10.1 Å². The third-order valence-corrected chi connectivity index (χ3v) is 3.41. The summed E-state index contributed by atoms with van der Waals surface area (Å²) >= 11 is 0. The van der Waals surface area contributed by atoms with E-state index in [0.29, 0.717) is 23.5 Å². The Morgan fingerprint density at radius 1 is 1.00 bits per heavy atom. The Morgan fingerprint density at radius 2 is 1.80 bits per heavy atom. The summed E-state index contributed by atoms with van der Waals surface area (Å²) in [6, 6.07) is 12.5. The van der Waals surface area contributed by atoms with Gasteiger partial charge in [0.2, 0.25) is 0 Å². The number of hydrogen-bond acceptors (Lipinski definition) is 5. The standard InChI is InChI=1S/C16H16F3N5O/c17-16(18,19)15-22-21-14-9-8-13(23-24(14)15)20-10-4-5-11-25-12-6-2-1-3-7-12/h1-3,6-9H,4-5,10-11H2,(H,20,23). The minimum atomic E-state index is -4.60. The Bertz CT molecular complexity index is 819. The molecule has 0 aliphatic carbocycles. The van der Waals surface area contributed by atoms with Crippen LogP contribution in [0.2, 0.25) is 0 Å². The lowest BCUT2D eigenvalue weighted by Gasteiger charge is -2.08. The van der Waals surface area contributed by atoms with Crippen molar-refractivity contribution in [1.29, 1.82) is 0 Å². The van der Waals surface area contributed by atoms with Crippen molar-refractivity contribution in [3.8, 4) is 5.75 Å². The highest BCUT2D eigenvalue weighted by molar-refractivity contribution is 5.44. The smallest absolute Gasteiger partial charge is 0.453 e. The number of nitrogens with one attached hydrogen (secondary N) is 1. The van der Waals surface area contributed by atoms with E-state index in [4.69, 9.17) is 4.74 Å². The van der Waals surface area contributed by atoms with Crippen molar-refractivity contribution in [1.82, 2.24) is 19.8 Å². The van der Waals surface area contributed by atoms with Crippen molar-refractivity contribution in [2.45, 2.75) is 19.0 Å². The normalized spacial score (nSPS) is 11.6. The van der Waals surface area contributed by atoms with Crippen LogP contribution >= 0.6 is 0 Å². The van der Waals surface area contributed by atoms with E-state index in [1.807, 2.05) is 30.3 Å². The van der Waals surface area contributed by atoms with Crippen LogP contribution in [0.3, 0.4) is 0 Å². The van der Waals surface area contributed by atoms with Crippen LogP contribution in [0.4, 0.5) is 19.0 Å². The molecule has 132 valence electrons. The van der Waals surface area contributed by atoms with Gasteiger partial charge in [-0.1, -0.05) is 18.2 Å². The average Bonchev–Trinajstić information content (AvgIpc) is 3.02. The van der Waals surface area contributed by atoms with Gasteiger partial charge in [-0.2, -0.15) is 17.7 Å². The SMILES string of the molecule is FC(F)(F)c1nnc2ccc(NCCCCOc3ccccc3)nn12. The van der Waals surface area contributed by atoms with E-state index in [-0.39, 0.29) is 5.65 Å². The molecule has 0 fully saturated rings. The van der Waals surface area contributed by atoms with Crippen molar-refractivity contribution >= 4 is 11.5 Å². The predicted molar refractivity (Wildman–Crippen MR) is 85.4 cm³/mol. The van der Waals surface area contributed by atoms with Crippen LogP contribution in [-0.4, -0.2) is 33.0 Å². The molecule has 3 aromatic rings. The Kier molecular flexibility index (Phi) is 5.01. The fourth-order valence-corrected chi connectivity index (χ4v) is 2.21. The molecule has 0 aliphatic heterocycles. The molecule has 0 atom stereocenters. The highest BCUT2D eigenvalue weighted by Crippen LogP contribution is 2.27. The minimum absolute atomic E-state index is 0.0501. The van der Waals surface area contributed by atoms with Gasteiger partial charge >= 0.3 is 6.18 Å². The topological polar surface area (TPSA) is 64.3 Å². The van der Waals surface area contributed by atoms with Crippen molar-refractivity contribution in [2.75, 3.05) is 18.5 Å². The van der Waals surface area contributed by atoms with E-state index in [1.165, 1.54) is 6.07 Å². The maximum absolute atomic E-state index is 12.8. The van der Waals surface area contributed by atoms with Gasteiger partial charge in [-0.25, -0.2) is 0 Å². The fourth-order valence-electron chi connectivity index (χ4n) is 2.21. The molecule has 0 aliphatic rings. The molecule has 0 radical (unpaired) electrons. The van der Waals surface area contributed by atoms with Crippen LogP contribution in [0, 0.1) is 0 Å². The zero-order valence-electron chi connectivity index (χ0n) is 13.2. The second-order valence-electron chi connectivity index (χ2n) is 5.31. The first-order chi connectivity index (χ1) is 12.0. The summed E-state index contributed by atoms with van der Waals surface area (Å²) in [4.78, 5) is 0. The molecule has 1 aromatic carbocycles. The summed E-state index contributed by atoms with van der Waals surface area (Å²) in [5.74, 6) is 0.0130. The van der Waals surface area contributed by atoms with Gasteiger partial charge in [0.1, 0.15) is 11.6 Å². The van der Waals surface area contributed by atoms with Gasteiger partial charge in [-0.15, -0.1) is 15.3 Å². The molecule has 0 unspecified atom stereocenters. The number of halogens is 3. The Hall–Kier alpha value is -2.84. The minimum Gasteiger partial charge on any atom is -0.494 e.